The quantitative estimate of drug-likeness (QED) is 0.374. The molecule has 0 saturated heterocycles. The van der Waals surface area contributed by atoms with Gasteiger partial charge < -0.3 is 4.74 Å². The maximum atomic E-state index is 13.5. The summed E-state index contributed by atoms with van der Waals surface area (Å²) >= 11 is 0. The fraction of sp³-hybridized carbons (Fsp3) is 0.182. The Kier molecular flexibility index (Phi) is 7.42. The second-order valence-electron chi connectivity index (χ2n) is 6.48. The number of hydrogen-bond donors (Lipinski definition) is 1. The molecular formula is C22H22FNO5S. The molecule has 0 aliphatic heterocycles. The van der Waals surface area contributed by atoms with E-state index in [1.165, 1.54) is 43.3 Å². The summed E-state index contributed by atoms with van der Waals surface area (Å²) < 4.78 is 46.8. The van der Waals surface area contributed by atoms with Crippen molar-refractivity contribution in [1.82, 2.24) is 4.72 Å². The van der Waals surface area contributed by atoms with E-state index in [9.17, 15) is 22.4 Å². The standard InChI is InChI=1S/C22H22FNO5S/c1-4-29-21(26)22(17(3)15-25,13-12-18-6-5-7-19(23)14-18)24-30(27,28)20-10-8-16(2)9-11-20/h5-15,24H,3-4H2,1-2H3/b13-12+. The number of carbonyl (C=O) groups excluding carboxylic acids is 2. The van der Waals surface area contributed by atoms with Gasteiger partial charge in [-0.25, -0.2) is 17.6 Å². The highest BCUT2D eigenvalue weighted by Gasteiger charge is 2.44. The molecular weight excluding hydrogens is 409 g/mol. The second kappa shape index (κ2) is 9.60. The van der Waals surface area contributed by atoms with Crippen LogP contribution in [0.15, 0.2) is 71.7 Å². The van der Waals surface area contributed by atoms with Crippen LogP contribution in [0, 0.1) is 12.7 Å². The third-order valence-electron chi connectivity index (χ3n) is 4.25. The molecule has 0 heterocycles. The first-order valence-electron chi connectivity index (χ1n) is 9.02. The highest BCUT2D eigenvalue weighted by molar-refractivity contribution is 7.89. The van der Waals surface area contributed by atoms with Crippen LogP contribution in [0.2, 0.25) is 0 Å². The van der Waals surface area contributed by atoms with Crippen LogP contribution in [-0.4, -0.2) is 32.8 Å². The Hall–Kier alpha value is -3.10. The summed E-state index contributed by atoms with van der Waals surface area (Å²) in [6, 6.07) is 11.3. The van der Waals surface area contributed by atoms with Gasteiger partial charge in [0.2, 0.25) is 10.0 Å². The predicted molar refractivity (Wildman–Crippen MR) is 112 cm³/mol. The molecule has 0 amide bonds. The number of benzene rings is 2. The highest BCUT2D eigenvalue weighted by Crippen LogP contribution is 2.24. The zero-order valence-corrected chi connectivity index (χ0v) is 17.4. The zero-order chi connectivity index (χ0) is 22.4. The molecule has 6 nitrogen and oxygen atoms in total. The van der Waals surface area contributed by atoms with Gasteiger partial charge in [-0.1, -0.05) is 42.5 Å². The van der Waals surface area contributed by atoms with E-state index in [1.807, 2.05) is 0 Å². The van der Waals surface area contributed by atoms with Gasteiger partial charge in [-0.15, -0.1) is 0 Å². The SMILES string of the molecule is C=C(C=O)C(/C=C/c1cccc(F)c1)(NS(=O)(=O)c1ccc(C)cc1)C(=O)OCC. The Labute approximate surface area is 175 Å². The largest absolute Gasteiger partial charge is 0.464 e. The summed E-state index contributed by atoms with van der Waals surface area (Å²) in [4.78, 5) is 24.3. The number of sulfonamides is 1. The van der Waals surface area contributed by atoms with Crippen LogP contribution in [0.5, 0.6) is 0 Å². The van der Waals surface area contributed by atoms with E-state index in [4.69, 9.17) is 4.74 Å². The number of hydrogen-bond acceptors (Lipinski definition) is 5. The first kappa shape index (κ1) is 23.2. The van der Waals surface area contributed by atoms with Crippen molar-refractivity contribution >= 4 is 28.4 Å². The van der Waals surface area contributed by atoms with Crippen LogP contribution >= 0.6 is 0 Å². The monoisotopic (exact) mass is 431 g/mol. The molecule has 2 aromatic rings. The van der Waals surface area contributed by atoms with Crippen LogP contribution in [0.25, 0.3) is 6.08 Å². The van der Waals surface area contributed by atoms with Crippen molar-refractivity contribution in [3.8, 4) is 0 Å². The molecule has 0 spiro atoms. The molecule has 1 unspecified atom stereocenters. The summed E-state index contributed by atoms with van der Waals surface area (Å²) in [5.74, 6) is -1.56. The first-order valence-corrected chi connectivity index (χ1v) is 10.5. The van der Waals surface area contributed by atoms with Gasteiger partial charge in [0.25, 0.3) is 0 Å². The average molecular weight is 431 g/mol. The number of rotatable bonds is 9. The number of ether oxygens (including phenoxy) is 1. The maximum Gasteiger partial charge on any atom is 0.336 e. The number of carbonyl (C=O) groups is 2. The van der Waals surface area contributed by atoms with Crippen molar-refractivity contribution in [3.63, 3.8) is 0 Å². The van der Waals surface area contributed by atoms with E-state index in [2.05, 4.69) is 11.3 Å². The third kappa shape index (κ3) is 5.28. The lowest BCUT2D eigenvalue weighted by molar-refractivity contribution is -0.147. The van der Waals surface area contributed by atoms with E-state index in [0.717, 1.165) is 11.6 Å². The average Bonchev–Trinajstić information content (AvgIpc) is 2.71. The van der Waals surface area contributed by atoms with Crippen molar-refractivity contribution in [2.24, 2.45) is 0 Å². The van der Waals surface area contributed by atoms with Gasteiger partial charge >= 0.3 is 5.97 Å². The topological polar surface area (TPSA) is 89.5 Å². The first-order chi connectivity index (χ1) is 14.1. The highest BCUT2D eigenvalue weighted by atomic mass is 32.2. The van der Waals surface area contributed by atoms with E-state index < -0.39 is 27.3 Å². The van der Waals surface area contributed by atoms with Gasteiger partial charge in [-0.2, -0.15) is 4.72 Å². The molecule has 0 aromatic heterocycles. The lowest BCUT2D eigenvalue weighted by Crippen LogP contribution is -2.55. The van der Waals surface area contributed by atoms with Crippen LogP contribution in [0.3, 0.4) is 0 Å². The Morgan fingerprint density at radius 2 is 1.90 bits per heavy atom. The van der Waals surface area contributed by atoms with Crippen molar-refractivity contribution < 1.29 is 27.1 Å². The van der Waals surface area contributed by atoms with Crippen molar-refractivity contribution in [3.05, 3.63) is 83.7 Å². The third-order valence-corrected chi connectivity index (χ3v) is 5.73. The smallest absolute Gasteiger partial charge is 0.336 e. The Morgan fingerprint density at radius 3 is 2.47 bits per heavy atom. The van der Waals surface area contributed by atoms with E-state index in [-0.39, 0.29) is 23.4 Å². The summed E-state index contributed by atoms with van der Waals surface area (Å²) in [6.45, 7) is 6.82. The molecule has 158 valence electrons. The molecule has 1 atom stereocenters. The Morgan fingerprint density at radius 1 is 1.23 bits per heavy atom. The molecule has 2 rings (SSSR count). The minimum absolute atomic E-state index is 0.0627. The van der Waals surface area contributed by atoms with Gasteiger partial charge in [0.1, 0.15) is 12.1 Å². The number of esters is 1. The molecule has 1 N–H and O–H groups in total. The van der Waals surface area contributed by atoms with Gasteiger partial charge in [0, 0.05) is 5.57 Å². The maximum absolute atomic E-state index is 13.5. The van der Waals surface area contributed by atoms with Crippen molar-refractivity contribution in [2.45, 2.75) is 24.3 Å². The van der Waals surface area contributed by atoms with Crippen LogP contribution < -0.4 is 4.72 Å². The molecule has 0 fully saturated rings. The van der Waals surface area contributed by atoms with E-state index in [0.29, 0.717) is 5.56 Å². The minimum atomic E-state index is -4.26. The van der Waals surface area contributed by atoms with E-state index >= 15 is 0 Å². The predicted octanol–water partition coefficient (Wildman–Crippen LogP) is 3.18. The Balaban J connectivity index is 2.61. The fourth-order valence-corrected chi connectivity index (χ4v) is 3.92. The van der Waals surface area contributed by atoms with Crippen molar-refractivity contribution in [1.29, 1.82) is 0 Å². The van der Waals surface area contributed by atoms with E-state index in [1.54, 1.807) is 25.1 Å². The summed E-state index contributed by atoms with van der Waals surface area (Å²) in [7, 11) is -4.26. The molecule has 0 bridgehead atoms. The van der Waals surface area contributed by atoms with Gasteiger partial charge in [-0.3, -0.25) is 4.79 Å². The van der Waals surface area contributed by atoms with Crippen LogP contribution in [-0.2, 0) is 24.3 Å². The second-order valence-corrected chi connectivity index (χ2v) is 8.16. The zero-order valence-electron chi connectivity index (χ0n) is 16.6. The number of halogens is 1. The summed E-state index contributed by atoms with van der Waals surface area (Å²) in [5.41, 5.74) is -1.41. The van der Waals surface area contributed by atoms with Gasteiger partial charge in [0.05, 0.1) is 11.5 Å². The molecule has 2 aromatic carbocycles. The van der Waals surface area contributed by atoms with Crippen molar-refractivity contribution in [2.75, 3.05) is 6.61 Å². The fourth-order valence-electron chi connectivity index (χ4n) is 2.61. The molecule has 0 aliphatic carbocycles. The summed E-state index contributed by atoms with van der Waals surface area (Å²) in [5, 5.41) is 0. The lowest BCUT2D eigenvalue weighted by atomic mass is 9.91. The Bertz CT molecular complexity index is 1080. The summed E-state index contributed by atoms with van der Waals surface area (Å²) in [6.07, 6.45) is 2.71. The van der Waals surface area contributed by atoms with Crippen LogP contribution in [0.4, 0.5) is 4.39 Å². The molecule has 0 radical (unpaired) electrons. The molecule has 0 saturated carbocycles. The van der Waals surface area contributed by atoms with Crippen LogP contribution in [0.1, 0.15) is 18.1 Å². The molecule has 30 heavy (non-hydrogen) atoms. The normalized spacial score (nSPS) is 13.6. The van der Waals surface area contributed by atoms with Gasteiger partial charge in [-0.05, 0) is 49.8 Å². The minimum Gasteiger partial charge on any atom is -0.464 e. The molecule has 0 aliphatic rings. The lowest BCUT2D eigenvalue weighted by Gasteiger charge is -2.29. The number of nitrogens with one attached hydrogen (secondary N) is 1. The molecule has 8 heteroatoms. The van der Waals surface area contributed by atoms with Gasteiger partial charge in [0.15, 0.2) is 5.54 Å². The number of aldehydes is 1. The number of aryl methyl sites for hydroxylation is 1.